The molecule has 0 aliphatic carbocycles. The standard InChI is InChI=1S/C16H14O/c1-13(17)6-2-3-7-14-10-11-15-8-4-5-9-16(15)12-14/h2-12H,1H3/b6-2+,7-3+. The average molecular weight is 222 g/mol. The Morgan fingerprint density at radius 1 is 1.00 bits per heavy atom. The van der Waals surface area contributed by atoms with Crippen LogP contribution in [0.15, 0.2) is 60.7 Å². The SMILES string of the molecule is CC(=O)/C=C/C=C/c1ccc2ccccc2c1. The van der Waals surface area contributed by atoms with E-state index in [1.165, 1.54) is 10.8 Å². The number of ketones is 1. The number of fused-ring (bicyclic) bond motifs is 1. The monoisotopic (exact) mass is 222 g/mol. The molecule has 0 saturated carbocycles. The minimum Gasteiger partial charge on any atom is -0.295 e. The van der Waals surface area contributed by atoms with Gasteiger partial charge in [0.2, 0.25) is 0 Å². The Hall–Kier alpha value is -2.15. The summed E-state index contributed by atoms with van der Waals surface area (Å²) in [6.07, 6.45) is 7.19. The highest BCUT2D eigenvalue weighted by atomic mass is 16.1. The van der Waals surface area contributed by atoms with Crippen molar-refractivity contribution in [3.8, 4) is 0 Å². The molecule has 0 spiro atoms. The van der Waals surface area contributed by atoms with E-state index in [0.717, 1.165) is 5.56 Å². The topological polar surface area (TPSA) is 17.1 Å². The molecule has 2 aromatic rings. The minimum atomic E-state index is 0.0631. The molecule has 0 N–H and O–H groups in total. The lowest BCUT2D eigenvalue weighted by Crippen LogP contribution is -1.78. The normalized spacial score (nSPS) is 11.6. The Bertz CT molecular complexity index is 591. The fourth-order valence-corrected chi connectivity index (χ4v) is 1.67. The van der Waals surface area contributed by atoms with Crippen molar-refractivity contribution < 1.29 is 4.79 Å². The van der Waals surface area contributed by atoms with Crippen molar-refractivity contribution in [1.29, 1.82) is 0 Å². The number of hydrogen-bond donors (Lipinski definition) is 0. The summed E-state index contributed by atoms with van der Waals surface area (Å²) in [4.78, 5) is 10.7. The van der Waals surface area contributed by atoms with Crippen LogP contribution in [-0.2, 0) is 4.79 Å². The van der Waals surface area contributed by atoms with Crippen molar-refractivity contribution in [2.45, 2.75) is 6.92 Å². The van der Waals surface area contributed by atoms with E-state index in [1.807, 2.05) is 24.3 Å². The van der Waals surface area contributed by atoms with Crippen molar-refractivity contribution >= 4 is 22.6 Å². The van der Waals surface area contributed by atoms with Crippen LogP contribution >= 0.6 is 0 Å². The van der Waals surface area contributed by atoms with Gasteiger partial charge in [-0.2, -0.15) is 0 Å². The van der Waals surface area contributed by atoms with Crippen LogP contribution in [0.2, 0.25) is 0 Å². The Morgan fingerprint density at radius 3 is 2.53 bits per heavy atom. The molecule has 0 bridgehead atoms. The van der Waals surface area contributed by atoms with Crippen molar-refractivity contribution in [3.05, 3.63) is 66.3 Å². The van der Waals surface area contributed by atoms with Crippen molar-refractivity contribution in [3.63, 3.8) is 0 Å². The van der Waals surface area contributed by atoms with Gasteiger partial charge in [0, 0.05) is 0 Å². The molecule has 0 aliphatic rings. The van der Waals surface area contributed by atoms with Gasteiger partial charge in [0.15, 0.2) is 5.78 Å². The molecule has 0 amide bonds. The summed E-state index contributed by atoms with van der Waals surface area (Å²) >= 11 is 0. The number of allylic oxidation sites excluding steroid dienone is 3. The van der Waals surface area contributed by atoms with E-state index in [-0.39, 0.29) is 5.78 Å². The summed E-state index contributed by atoms with van der Waals surface area (Å²) in [5, 5.41) is 2.47. The Morgan fingerprint density at radius 2 is 1.76 bits per heavy atom. The lowest BCUT2D eigenvalue weighted by molar-refractivity contribution is -0.112. The molecule has 0 aliphatic heterocycles. The van der Waals surface area contributed by atoms with Crippen LogP contribution in [0.25, 0.3) is 16.8 Å². The molecule has 0 atom stereocenters. The van der Waals surface area contributed by atoms with Gasteiger partial charge in [-0.15, -0.1) is 0 Å². The highest BCUT2D eigenvalue weighted by Gasteiger charge is 1.91. The molecule has 0 unspecified atom stereocenters. The van der Waals surface area contributed by atoms with Gasteiger partial charge in [-0.05, 0) is 35.4 Å². The van der Waals surface area contributed by atoms with Crippen LogP contribution in [0.1, 0.15) is 12.5 Å². The second kappa shape index (κ2) is 5.26. The third-order valence-corrected chi connectivity index (χ3v) is 2.50. The molecule has 84 valence electrons. The van der Waals surface area contributed by atoms with Crippen molar-refractivity contribution in [2.24, 2.45) is 0 Å². The average Bonchev–Trinajstić information content (AvgIpc) is 2.34. The molecule has 2 rings (SSSR count). The summed E-state index contributed by atoms with van der Waals surface area (Å²) in [7, 11) is 0. The zero-order valence-electron chi connectivity index (χ0n) is 9.76. The van der Waals surface area contributed by atoms with Gasteiger partial charge < -0.3 is 0 Å². The van der Waals surface area contributed by atoms with Crippen molar-refractivity contribution in [2.75, 3.05) is 0 Å². The lowest BCUT2D eigenvalue weighted by Gasteiger charge is -1.98. The van der Waals surface area contributed by atoms with Crippen LogP contribution in [-0.4, -0.2) is 5.78 Å². The van der Waals surface area contributed by atoms with Gasteiger partial charge >= 0.3 is 0 Å². The van der Waals surface area contributed by atoms with Crippen LogP contribution in [0.4, 0.5) is 0 Å². The molecule has 0 saturated heterocycles. The van der Waals surface area contributed by atoms with E-state index in [0.29, 0.717) is 0 Å². The largest absolute Gasteiger partial charge is 0.295 e. The van der Waals surface area contributed by atoms with Crippen LogP contribution in [0.3, 0.4) is 0 Å². The Kier molecular flexibility index (Phi) is 3.51. The van der Waals surface area contributed by atoms with Gasteiger partial charge in [0.05, 0.1) is 0 Å². The number of benzene rings is 2. The smallest absolute Gasteiger partial charge is 0.152 e. The summed E-state index contributed by atoms with van der Waals surface area (Å²) in [6.45, 7) is 1.54. The molecular formula is C16H14O. The zero-order chi connectivity index (χ0) is 12.1. The zero-order valence-corrected chi connectivity index (χ0v) is 9.76. The van der Waals surface area contributed by atoms with E-state index in [1.54, 1.807) is 19.1 Å². The molecule has 0 fully saturated rings. The molecule has 1 heteroatoms. The van der Waals surface area contributed by atoms with E-state index < -0.39 is 0 Å². The van der Waals surface area contributed by atoms with E-state index >= 15 is 0 Å². The maximum absolute atomic E-state index is 10.7. The summed E-state index contributed by atoms with van der Waals surface area (Å²) in [5.41, 5.74) is 1.14. The van der Waals surface area contributed by atoms with Crippen LogP contribution in [0, 0.1) is 0 Å². The predicted octanol–water partition coefficient (Wildman–Crippen LogP) is 4.00. The first kappa shape index (κ1) is 11.3. The first-order chi connectivity index (χ1) is 8.25. The fourth-order valence-electron chi connectivity index (χ4n) is 1.67. The molecule has 0 heterocycles. The third kappa shape index (κ3) is 3.15. The van der Waals surface area contributed by atoms with Crippen LogP contribution in [0.5, 0.6) is 0 Å². The van der Waals surface area contributed by atoms with Crippen LogP contribution < -0.4 is 0 Å². The molecule has 2 aromatic carbocycles. The Balaban J connectivity index is 2.22. The number of carbonyl (C=O) groups excluding carboxylic acids is 1. The highest BCUT2D eigenvalue weighted by Crippen LogP contribution is 2.16. The molecule has 0 radical (unpaired) electrons. The summed E-state index contributed by atoms with van der Waals surface area (Å²) < 4.78 is 0. The first-order valence-electron chi connectivity index (χ1n) is 5.60. The first-order valence-corrected chi connectivity index (χ1v) is 5.60. The predicted molar refractivity (Wildman–Crippen MR) is 72.8 cm³/mol. The van der Waals surface area contributed by atoms with Gasteiger partial charge in [0.1, 0.15) is 0 Å². The maximum Gasteiger partial charge on any atom is 0.152 e. The minimum absolute atomic E-state index is 0.0631. The third-order valence-electron chi connectivity index (χ3n) is 2.50. The molecule has 1 nitrogen and oxygen atoms in total. The quantitative estimate of drug-likeness (QED) is 0.566. The van der Waals surface area contributed by atoms with E-state index in [2.05, 4.69) is 30.3 Å². The van der Waals surface area contributed by atoms with Crippen molar-refractivity contribution in [1.82, 2.24) is 0 Å². The maximum atomic E-state index is 10.7. The number of hydrogen-bond acceptors (Lipinski definition) is 1. The lowest BCUT2D eigenvalue weighted by atomic mass is 10.1. The summed E-state index contributed by atoms with van der Waals surface area (Å²) in [5.74, 6) is 0.0631. The molecule has 0 aromatic heterocycles. The Labute approximate surface area is 101 Å². The van der Waals surface area contributed by atoms with E-state index in [4.69, 9.17) is 0 Å². The number of rotatable bonds is 3. The summed E-state index contributed by atoms with van der Waals surface area (Å²) in [6, 6.07) is 14.6. The van der Waals surface area contributed by atoms with Gasteiger partial charge in [-0.1, -0.05) is 54.6 Å². The molecule has 17 heavy (non-hydrogen) atoms. The second-order valence-electron chi connectivity index (χ2n) is 3.94. The van der Waals surface area contributed by atoms with E-state index in [9.17, 15) is 4.79 Å². The molecular weight excluding hydrogens is 208 g/mol. The second-order valence-corrected chi connectivity index (χ2v) is 3.94. The fraction of sp³-hybridized carbons (Fsp3) is 0.0625. The number of carbonyl (C=O) groups is 1. The highest BCUT2D eigenvalue weighted by molar-refractivity contribution is 5.88. The van der Waals surface area contributed by atoms with Gasteiger partial charge in [-0.25, -0.2) is 0 Å². The van der Waals surface area contributed by atoms with Gasteiger partial charge in [0.25, 0.3) is 0 Å². The van der Waals surface area contributed by atoms with Gasteiger partial charge in [-0.3, -0.25) is 4.79 Å².